The maximum atomic E-state index is 12.5. The van der Waals surface area contributed by atoms with Crippen LogP contribution in [0.2, 0.25) is 0 Å². The smallest absolute Gasteiger partial charge is 0.336 e. The van der Waals surface area contributed by atoms with Crippen molar-refractivity contribution in [2.24, 2.45) is 0 Å². The van der Waals surface area contributed by atoms with Gasteiger partial charge < -0.3 is 14.1 Å². The fourth-order valence-corrected chi connectivity index (χ4v) is 5.01. The second kappa shape index (κ2) is 7.11. The number of benzene rings is 1. The number of sulfone groups is 1. The highest BCUT2D eigenvalue weighted by Gasteiger charge is 2.33. The van der Waals surface area contributed by atoms with Gasteiger partial charge in [0.05, 0.1) is 11.5 Å². The molecule has 0 saturated carbocycles. The molecule has 140 valence electrons. The number of rotatable bonds is 5. The normalized spacial score (nSPS) is 18.8. The van der Waals surface area contributed by atoms with Crippen molar-refractivity contribution < 1.29 is 22.4 Å². The van der Waals surface area contributed by atoms with Crippen LogP contribution in [0, 0.1) is 6.92 Å². The lowest BCUT2D eigenvalue weighted by Gasteiger charge is -2.26. The van der Waals surface area contributed by atoms with E-state index in [2.05, 4.69) is 0 Å². The number of ether oxygens (including phenoxy) is 1. The maximum Gasteiger partial charge on any atom is 0.336 e. The van der Waals surface area contributed by atoms with Crippen LogP contribution < -0.4 is 10.4 Å². The van der Waals surface area contributed by atoms with Gasteiger partial charge in [0.2, 0.25) is 0 Å². The van der Waals surface area contributed by atoms with Gasteiger partial charge in [0.15, 0.2) is 16.4 Å². The minimum absolute atomic E-state index is 0.00693. The zero-order valence-electron chi connectivity index (χ0n) is 14.7. The summed E-state index contributed by atoms with van der Waals surface area (Å²) in [6.45, 7) is 3.86. The summed E-state index contributed by atoms with van der Waals surface area (Å²) in [6, 6.07) is 6.18. The van der Waals surface area contributed by atoms with Crippen molar-refractivity contribution in [3.8, 4) is 5.75 Å². The molecule has 0 N–H and O–H groups in total. The van der Waals surface area contributed by atoms with Gasteiger partial charge in [-0.25, -0.2) is 13.2 Å². The van der Waals surface area contributed by atoms with E-state index in [9.17, 15) is 18.0 Å². The van der Waals surface area contributed by atoms with Crippen LogP contribution in [-0.2, 0) is 14.6 Å². The van der Waals surface area contributed by atoms with Gasteiger partial charge in [-0.15, -0.1) is 0 Å². The average molecular weight is 379 g/mol. The molecule has 0 bridgehead atoms. The Morgan fingerprint density at radius 3 is 2.77 bits per heavy atom. The number of carbonyl (C=O) groups excluding carboxylic acids is 1. The molecule has 0 radical (unpaired) electrons. The van der Waals surface area contributed by atoms with Crippen LogP contribution in [0.4, 0.5) is 0 Å². The highest BCUT2D eigenvalue weighted by Crippen LogP contribution is 2.23. The molecule has 3 rings (SSSR count). The Bertz CT molecular complexity index is 994. The van der Waals surface area contributed by atoms with Crippen LogP contribution in [0.15, 0.2) is 33.5 Å². The Kier molecular flexibility index (Phi) is 5.04. The summed E-state index contributed by atoms with van der Waals surface area (Å²) in [7, 11) is -3.06. The van der Waals surface area contributed by atoms with Gasteiger partial charge in [-0.3, -0.25) is 4.79 Å². The fraction of sp³-hybridized carbons (Fsp3) is 0.444. The van der Waals surface area contributed by atoms with E-state index in [1.54, 1.807) is 23.1 Å². The minimum atomic E-state index is -3.06. The highest BCUT2D eigenvalue weighted by molar-refractivity contribution is 7.91. The number of fused-ring (bicyclic) bond motifs is 1. The molecule has 8 heteroatoms. The predicted molar refractivity (Wildman–Crippen MR) is 97.2 cm³/mol. The summed E-state index contributed by atoms with van der Waals surface area (Å²) in [6.07, 6.45) is 0.461. The molecule has 1 amide bonds. The van der Waals surface area contributed by atoms with Gasteiger partial charge in [0.25, 0.3) is 5.91 Å². The number of aryl methyl sites for hydroxylation is 1. The van der Waals surface area contributed by atoms with Crippen LogP contribution in [0.25, 0.3) is 11.0 Å². The largest absolute Gasteiger partial charge is 0.484 e. The van der Waals surface area contributed by atoms with Gasteiger partial charge in [0.1, 0.15) is 11.3 Å². The number of carbonyl (C=O) groups is 1. The van der Waals surface area contributed by atoms with Crippen molar-refractivity contribution in [1.82, 2.24) is 4.90 Å². The third-order valence-corrected chi connectivity index (χ3v) is 6.35. The maximum absolute atomic E-state index is 12.5. The summed E-state index contributed by atoms with van der Waals surface area (Å²) >= 11 is 0. The molecule has 0 aliphatic carbocycles. The molecule has 0 spiro atoms. The molecule has 1 aromatic carbocycles. The van der Waals surface area contributed by atoms with E-state index in [1.807, 2.05) is 13.8 Å². The van der Waals surface area contributed by atoms with E-state index in [4.69, 9.17) is 9.15 Å². The minimum Gasteiger partial charge on any atom is -0.484 e. The van der Waals surface area contributed by atoms with Gasteiger partial charge in [-0.2, -0.15) is 0 Å². The molecule has 2 aromatic rings. The fourth-order valence-electron chi connectivity index (χ4n) is 3.28. The highest BCUT2D eigenvalue weighted by atomic mass is 32.2. The van der Waals surface area contributed by atoms with Crippen molar-refractivity contribution in [2.45, 2.75) is 26.3 Å². The molecule has 7 nitrogen and oxygen atoms in total. The van der Waals surface area contributed by atoms with Gasteiger partial charge in [-0.1, -0.05) is 0 Å². The molecule has 2 heterocycles. The van der Waals surface area contributed by atoms with Crippen molar-refractivity contribution >= 4 is 26.7 Å². The van der Waals surface area contributed by atoms with E-state index in [-0.39, 0.29) is 30.1 Å². The number of likely N-dealkylation sites (N-methyl/N-ethyl adjacent to an activating group) is 1. The molecule has 1 aromatic heterocycles. The van der Waals surface area contributed by atoms with E-state index in [0.717, 1.165) is 10.9 Å². The Hall–Kier alpha value is -2.35. The molecular formula is C18H21NO6S. The number of amides is 1. The second-order valence-corrected chi connectivity index (χ2v) is 8.66. The summed E-state index contributed by atoms with van der Waals surface area (Å²) in [5, 5.41) is 0.801. The SMILES string of the molecule is CCN(C(=O)COc1ccc2c(C)cc(=O)oc2c1)[C@@H]1CCS(=O)(=O)C1. The molecule has 1 saturated heterocycles. The molecule has 1 aliphatic rings. The summed E-state index contributed by atoms with van der Waals surface area (Å²) in [4.78, 5) is 25.5. The van der Waals surface area contributed by atoms with Crippen molar-refractivity contribution in [3.63, 3.8) is 0 Å². The van der Waals surface area contributed by atoms with Crippen molar-refractivity contribution in [1.29, 1.82) is 0 Å². The lowest BCUT2D eigenvalue weighted by molar-refractivity contribution is -0.135. The summed E-state index contributed by atoms with van der Waals surface area (Å²) < 4.78 is 34.0. The Balaban J connectivity index is 1.70. The first-order valence-corrected chi connectivity index (χ1v) is 10.3. The van der Waals surface area contributed by atoms with Gasteiger partial charge in [-0.05, 0) is 38.0 Å². The molecule has 26 heavy (non-hydrogen) atoms. The standard InChI is InChI=1S/C18H21NO6S/c1-3-19(13-6-7-26(22,23)11-13)17(20)10-24-14-4-5-15-12(2)8-18(21)25-16(15)9-14/h4-5,8-9,13H,3,6-7,10-11H2,1-2H3/t13-/m1/s1. The van der Waals surface area contributed by atoms with Crippen LogP contribution in [0.3, 0.4) is 0 Å². The van der Waals surface area contributed by atoms with E-state index in [1.165, 1.54) is 6.07 Å². The first kappa shape index (κ1) is 18.4. The van der Waals surface area contributed by atoms with E-state index < -0.39 is 15.5 Å². The third kappa shape index (κ3) is 3.90. The molecule has 1 aliphatic heterocycles. The Morgan fingerprint density at radius 1 is 1.35 bits per heavy atom. The van der Waals surface area contributed by atoms with Gasteiger partial charge >= 0.3 is 5.63 Å². The first-order chi connectivity index (χ1) is 12.3. The predicted octanol–water partition coefficient (Wildman–Crippen LogP) is 1.52. The van der Waals surface area contributed by atoms with Crippen molar-refractivity contribution in [2.75, 3.05) is 24.7 Å². The van der Waals surface area contributed by atoms with Crippen LogP contribution in [0.1, 0.15) is 18.9 Å². The quantitative estimate of drug-likeness (QED) is 0.731. The van der Waals surface area contributed by atoms with Crippen LogP contribution in [-0.4, -0.2) is 49.9 Å². The number of nitrogens with zero attached hydrogens (tertiary/aromatic N) is 1. The lowest BCUT2D eigenvalue weighted by atomic mass is 10.1. The number of hydrogen-bond donors (Lipinski definition) is 0. The second-order valence-electron chi connectivity index (χ2n) is 6.43. The topological polar surface area (TPSA) is 93.9 Å². The summed E-state index contributed by atoms with van der Waals surface area (Å²) in [5.74, 6) is 0.272. The van der Waals surface area contributed by atoms with Gasteiger partial charge in [0, 0.05) is 30.1 Å². The zero-order chi connectivity index (χ0) is 18.9. The van der Waals surface area contributed by atoms with Crippen LogP contribution in [0.5, 0.6) is 5.75 Å². The van der Waals surface area contributed by atoms with E-state index >= 15 is 0 Å². The number of hydrogen-bond acceptors (Lipinski definition) is 6. The molecule has 0 unspecified atom stereocenters. The third-order valence-electron chi connectivity index (χ3n) is 4.60. The molecular weight excluding hydrogens is 358 g/mol. The average Bonchev–Trinajstić information content (AvgIpc) is 2.92. The lowest BCUT2D eigenvalue weighted by Crippen LogP contribution is -2.43. The monoisotopic (exact) mass is 379 g/mol. The van der Waals surface area contributed by atoms with Crippen LogP contribution >= 0.6 is 0 Å². The van der Waals surface area contributed by atoms with Crippen molar-refractivity contribution in [3.05, 3.63) is 40.2 Å². The Labute approximate surface area is 151 Å². The zero-order valence-corrected chi connectivity index (χ0v) is 15.5. The Morgan fingerprint density at radius 2 is 2.12 bits per heavy atom. The summed E-state index contributed by atoms with van der Waals surface area (Å²) in [5.41, 5.74) is 0.760. The molecule has 1 atom stereocenters. The van der Waals surface area contributed by atoms with E-state index in [0.29, 0.717) is 24.3 Å². The first-order valence-electron chi connectivity index (χ1n) is 8.46. The molecule has 1 fully saturated rings.